The molecule has 0 fully saturated rings. The summed E-state index contributed by atoms with van der Waals surface area (Å²) in [6, 6.07) is 7.73. The summed E-state index contributed by atoms with van der Waals surface area (Å²) in [5.74, 6) is 0.105. The fraction of sp³-hybridized carbons (Fsp3) is 0.222. The standard InChI is InChI=1S/C18H17BrClNO6/c1-24-14-5-4-10(6-11(14)19)18(23)27-9-17(22)21-13-8-15(25-2)12(20)7-16(13)26-3/h4-8H,9H2,1-3H3,(H,21,22). The SMILES string of the molecule is COc1cc(NC(=O)COC(=O)c2ccc(OC)c(Br)c2)c(OC)cc1Cl. The van der Waals surface area contributed by atoms with E-state index < -0.39 is 18.5 Å². The molecular weight excluding hydrogens is 442 g/mol. The van der Waals surface area contributed by atoms with Crippen molar-refractivity contribution in [3.8, 4) is 17.2 Å². The third-order valence-corrected chi connectivity index (χ3v) is 4.38. The Labute approximate surface area is 169 Å². The van der Waals surface area contributed by atoms with E-state index in [1.165, 1.54) is 39.5 Å². The van der Waals surface area contributed by atoms with Crippen molar-refractivity contribution in [1.82, 2.24) is 0 Å². The molecule has 1 amide bonds. The van der Waals surface area contributed by atoms with Gasteiger partial charge in [0.05, 0.1) is 42.1 Å². The number of rotatable bonds is 7. The van der Waals surface area contributed by atoms with E-state index in [0.717, 1.165) is 0 Å². The number of methoxy groups -OCH3 is 3. The van der Waals surface area contributed by atoms with Gasteiger partial charge in [-0.15, -0.1) is 0 Å². The molecule has 0 aliphatic heterocycles. The fourth-order valence-electron chi connectivity index (χ4n) is 2.15. The highest BCUT2D eigenvalue weighted by Gasteiger charge is 2.15. The lowest BCUT2D eigenvalue weighted by Crippen LogP contribution is -2.21. The zero-order chi connectivity index (χ0) is 20.0. The van der Waals surface area contributed by atoms with Crippen LogP contribution in [-0.4, -0.2) is 39.8 Å². The predicted octanol–water partition coefficient (Wildman–Crippen LogP) is 3.92. The van der Waals surface area contributed by atoms with Crippen molar-refractivity contribution < 1.29 is 28.5 Å². The van der Waals surface area contributed by atoms with E-state index in [1.807, 2.05) is 0 Å². The molecule has 2 aromatic carbocycles. The van der Waals surface area contributed by atoms with Crippen LogP contribution in [-0.2, 0) is 9.53 Å². The van der Waals surface area contributed by atoms with Crippen LogP contribution in [0, 0.1) is 0 Å². The second kappa shape index (κ2) is 9.48. The number of nitrogens with one attached hydrogen (secondary N) is 1. The van der Waals surface area contributed by atoms with Crippen LogP contribution in [0.1, 0.15) is 10.4 Å². The van der Waals surface area contributed by atoms with Crippen LogP contribution >= 0.6 is 27.5 Å². The third-order valence-electron chi connectivity index (χ3n) is 3.47. The minimum absolute atomic E-state index is 0.279. The van der Waals surface area contributed by atoms with Crippen LogP contribution in [0.4, 0.5) is 5.69 Å². The van der Waals surface area contributed by atoms with Crippen LogP contribution < -0.4 is 19.5 Å². The Hall–Kier alpha value is -2.45. The molecule has 0 saturated heterocycles. The van der Waals surface area contributed by atoms with Gasteiger partial charge in [-0.05, 0) is 34.1 Å². The van der Waals surface area contributed by atoms with Gasteiger partial charge in [0.25, 0.3) is 5.91 Å². The van der Waals surface area contributed by atoms with Gasteiger partial charge in [0.15, 0.2) is 6.61 Å². The normalized spacial score (nSPS) is 10.1. The first kappa shape index (κ1) is 20.9. The lowest BCUT2D eigenvalue weighted by molar-refractivity contribution is -0.119. The van der Waals surface area contributed by atoms with Crippen LogP contribution in [0.3, 0.4) is 0 Å². The summed E-state index contributed by atoms with van der Waals surface area (Å²) in [5, 5.41) is 2.93. The van der Waals surface area contributed by atoms with Gasteiger partial charge in [-0.3, -0.25) is 4.79 Å². The Morgan fingerprint density at radius 3 is 2.26 bits per heavy atom. The Balaban J connectivity index is 2.02. The second-order valence-corrected chi connectivity index (χ2v) is 6.42. The van der Waals surface area contributed by atoms with Gasteiger partial charge in [0.2, 0.25) is 0 Å². The van der Waals surface area contributed by atoms with Gasteiger partial charge in [0.1, 0.15) is 17.2 Å². The van der Waals surface area contributed by atoms with Gasteiger partial charge in [0, 0.05) is 12.1 Å². The number of halogens is 2. The smallest absolute Gasteiger partial charge is 0.338 e. The topological polar surface area (TPSA) is 83.1 Å². The summed E-state index contributed by atoms with van der Waals surface area (Å²) >= 11 is 9.31. The van der Waals surface area contributed by atoms with Crippen LogP contribution in [0.25, 0.3) is 0 Å². The second-order valence-electron chi connectivity index (χ2n) is 5.16. The summed E-state index contributed by atoms with van der Waals surface area (Å²) in [7, 11) is 4.41. The molecule has 144 valence electrons. The fourth-order valence-corrected chi connectivity index (χ4v) is 2.92. The molecule has 7 nitrogen and oxygen atoms in total. The molecule has 0 aliphatic rings. The predicted molar refractivity (Wildman–Crippen MR) is 104 cm³/mol. The highest BCUT2D eigenvalue weighted by atomic mass is 79.9. The van der Waals surface area contributed by atoms with E-state index in [4.69, 9.17) is 30.5 Å². The minimum Gasteiger partial charge on any atom is -0.496 e. The number of hydrogen-bond acceptors (Lipinski definition) is 6. The highest BCUT2D eigenvalue weighted by molar-refractivity contribution is 9.10. The first-order valence-electron chi connectivity index (χ1n) is 7.61. The Morgan fingerprint density at radius 1 is 1.00 bits per heavy atom. The summed E-state index contributed by atoms with van der Waals surface area (Å²) in [4.78, 5) is 24.2. The van der Waals surface area contributed by atoms with Crippen molar-refractivity contribution in [3.05, 3.63) is 45.4 Å². The molecule has 0 unspecified atom stereocenters. The summed E-state index contributed by atoms with van der Waals surface area (Å²) in [5.41, 5.74) is 0.619. The maximum atomic E-state index is 12.1. The maximum absolute atomic E-state index is 12.1. The lowest BCUT2D eigenvalue weighted by atomic mass is 10.2. The number of carbonyl (C=O) groups is 2. The molecule has 0 saturated carbocycles. The molecule has 0 aromatic heterocycles. The molecule has 0 radical (unpaired) electrons. The molecule has 2 aromatic rings. The van der Waals surface area contributed by atoms with Gasteiger partial charge in [-0.1, -0.05) is 11.6 Å². The summed E-state index contributed by atoms with van der Waals surface area (Å²) < 4.78 is 21.0. The largest absolute Gasteiger partial charge is 0.496 e. The highest BCUT2D eigenvalue weighted by Crippen LogP contribution is 2.35. The molecule has 0 bridgehead atoms. The molecule has 0 aliphatic carbocycles. The third kappa shape index (κ3) is 5.27. The first-order valence-corrected chi connectivity index (χ1v) is 8.78. The van der Waals surface area contributed by atoms with Crippen molar-refractivity contribution >= 4 is 45.1 Å². The monoisotopic (exact) mass is 457 g/mol. The molecule has 27 heavy (non-hydrogen) atoms. The average molecular weight is 459 g/mol. The number of esters is 1. The van der Waals surface area contributed by atoms with E-state index in [2.05, 4.69) is 21.2 Å². The number of anilines is 1. The van der Waals surface area contributed by atoms with Crippen molar-refractivity contribution in [1.29, 1.82) is 0 Å². The molecule has 0 heterocycles. The van der Waals surface area contributed by atoms with E-state index >= 15 is 0 Å². The average Bonchev–Trinajstić information content (AvgIpc) is 2.66. The molecule has 1 N–H and O–H groups in total. The molecule has 9 heteroatoms. The minimum atomic E-state index is -0.644. The van der Waals surface area contributed by atoms with Crippen molar-refractivity contribution in [2.45, 2.75) is 0 Å². The number of ether oxygens (including phenoxy) is 4. The Kier molecular flexibility index (Phi) is 7.32. The van der Waals surface area contributed by atoms with Crippen LogP contribution in [0.15, 0.2) is 34.8 Å². The number of hydrogen-bond donors (Lipinski definition) is 1. The van der Waals surface area contributed by atoms with E-state index in [9.17, 15) is 9.59 Å². The Morgan fingerprint density at radius 2 is 1.67 bits per heavy atom. The van der Waals surface area contributed by atoms with Crippen LogP contribution in [0.2, 0.25) is 5.02 Å². The van der Waals surface area contributed by atoms with E-state index in [0.29, 0.717) is 32.4 Å². The van der Waals surface area contributed by atoms with E-state index in [1.54, 1.807) is 12.1 Å². The van der Waals surface area contributed by atoms with Crippen LogP contribution in [0.5, 0.6) is 17.2 Å². The summed E-state index contributed by atoms with van der Waals surface area (Å²) in [6.45, 7) is -0.476. The number of benzene rings is 2. The first-order chi connectivity index (χ1) is 12.9. The molecule has 0 atom stereocenters. The van der Waals surface area contributed by atoms with Crippen molar-refractivity contribution in [3.63, 3.8) is 0 Å². The quantitative estimate of drug-likeness (QED) is 0.633. The summed E-state index contributed by atoms with van der Waals surface area (Å²) in [6.07, 6.45) is 0. The zero-order valence-corrected chi connectivity index (χ0v) is 17.1. The van der Waals surface area contributed by atoms with Gasteiger partial charge >= 0.3 is 5.97 Å². The van der Waals surface area contributed by atoms with Gasteiger partial charge < -0.3 is 24.3 Å². The molecule has 2 rings (SSSR count). The van der Waals surface area contributed by atoms with E-state index in [-0.39, 0.29) is 5.56 Å². The number of carbonyl (C=O) groups excluding carboxylic acids is 2. The molecular formula is C18H17BrClNO6. The van der Waals surface area contributed by atoms with Crippen molar-refractivity contribution in [2.24, 2.45) is 0 Å². The number of amides is 1. The van der Waals surface area contributed by atoms with Gasteiger partial charge in [-0.25, -0.2) is 4.79 Å². The van der Waals surface area contributed by atoms with Crippen molar-refractivity contribution in [2.75, 3.05) is 33.3 Å². The molecule has 0 spiro atoms. The lowest BCUT2D eigenvalue weighted by Gasteiger charge is -2.13. The maximum Gasteiger partial charge on any atom is 0.338 e. The Bertz CT molecular complexity index is 858. The zero-order valence-electron chi connectivity index (χ0n) is 14.8. The van der Waals surface area contributed by atoms with Gasteiger partial charge in [-0.2, -0.15) is 0 Å².